The number of fused-ring (bicyclic) bond motifs is 3. The number of ether oxygens (including phenoxy) is 1. The number of hydrogen-bond donors (Lipinski definition) is 0. The smallest absolute Gasteiger partial charge is 0.271 e. The minimum atomic E-state index is -0.178. The zero-order chi connectivity index (χ0) is 23.9. The first-order valence-corrected chi connectivity index (χ1v) is 13.6. The standard InChI is InChI=1S/C29H23IN2O2S/c1-2-34-21-14-11-19(12-15-21)27-23-16-13-18-7-3-5-9-22(18)26(23)31-29-32(27)28(33)25(35-29)17-20-8-4-6-10-24(20)30/h3-12,14-15,17,27H,2,13,16H2,1H3/t27-/m1/s1. The Labute approximate surface area is 221 Å². The van der Waals surface area contributed by atoms with Crippen LogP contribution in [0, 0.1) is 3.57 Å². The molecule has 6 rings (SSSR count). The Bertz CT molecular complexity index is 1650. The summed E-state index contributed by atoms with van der Waals surface area (Å²) in [7, 11) is 0. The number of thiazole rings is 1. The van der Waals surface area contributed by atoms with Gasteiger partial charge in [-0.25, -0.2) is 4.99 Å². The van der Waals surface area contributed by atoms with Crippen LogP contribution in [0.3, 0.4) is 0 Å². The predicted octanol–water partition coefficient (Wildman–Crippen LogP) is 5.32. The number of hydrogen-bond acceptors (Lipinski definition) is 4. The molecule has 0 amide bonds. The molecule has 35 heavy (non-hydrogen) atoms. The molecule has 1 aliphatic carbocycles. The number of nitrogens with zero attached hydrogens (tertiary/aromatic N) is 2. The molecule has 2 aliphatic rings. The molecule has 4 nitrogen and oxygen atoms in total. The maximum atomic E-state index is 13.8. The van der Waals surface area contributed by atoms with Gasteiger partial charge in [0.05, 0.1) is 22.9 Å². The molecule has 0 unspecified atom stereocenters. The molecule has 174 valence electrons. The van der Waals surface area contributed by atoms with Crippen molar-refractivity contribution in [2.75, 3.05) is 6.61 Å². The summed E-state index contributed by atoms with van der Waals surface area (Å²) in [5, 5.41) is 0. The summed E-state index contributed by atoms with van der Waals surface area (Å²) in [6, 6.07) is 24.6. The van der Waals surface area contributed by atoms with E-state index in [2.05, 4.69) is 65.1 Å². The Hall–Kier alpha value is -2.97. The van der Waals surface area contributed by atoms with Crippen molar-refractivity contribution in [3.63, 3.8) is 0 Å². The highest BCUT2D eigenvalue weighted by Crippen LogP contribution is 2.41. The summed E-state index contributed by atoms with van der Waals surface area (Å²) in [4.78, 5) is 19.7. The van der Waals surface area contributed by atoms with Gasteiger partial charge in [0.25, 0.3) is 5.56 Å². The van der Waals surface area contributed by atoms with Crippen molar-refractivity contribution in [2.45, 2.75) is 25.8 Å². The van der Waals surface area contributed by atoms with Gasteiger partial charge in [-0.15, -0.1) is 0 Å². The van der Waals surface area contributed by atoms with Crippen LogP contribution in [0.1, 0.15) is 41.6 Å². The van der Waals surface area contributed by atoms with E-state index in [1.807, 2.05) is 47.9 Å². The van der Waals surface area contributed by atoms with Gasteiger partial charge in [-0.2, -0.15) is 0 Å². The van der Waals surface area contributed by atoms with Gasteiger partial charge in [0.1, 0.15) is 5.75 Å². The second kappa shape index (κ2) is 9.24. The van der Waals surface area contributed by atoms with Crippen LogP contribution in [-0.4, -0.2) is 11.2 Å². The number of aryl methyl sites for hydroxylation is 1. The van der Waals surface area contributed by atoms with Gasteiger partial charge < -0.3 is 4.74 Å². The maximum absolute atomic E-state index is 13.8. The summed E-state index contributed by atoms with van der Waals surface area (Å²) < 4.78 is 9.39. The van der Waals surface area contributed by atoms with Gasteiger partial charge in [-0.1, -0.05) is 65.9 Å². The quantitative estimate of drug-likeness (QED) is 0.302. The van der Waals surface area contributed by atoms with Crippen LogP contribution in [0.2, 0.25) is 0 Å². The maximum Gasteiger partial charge on any atom is 0.271 e. The number of allylic oxidation sites excluding steroid dienone is 1. The van der Waals surface area contributed by atoms with E-state index >= 15 is 0 Å². The number of halogens is 1. The summed E-state index contributed by atoms with van der Waals surface area (Å²) >= 11 is 3.79. The van der Waals surface area contributed by atoms with Crippen molar-refractivity contribution < 1.29 is 4.74 Å². The van der Waals surface area contributed by atoms with E-state index in [-0.39, 0.29) is 11.6 Å². The first-order valence-electron chi connectivity index (χ1n) is 11.7. The molecule has 4 aromatic rings. The fourth-order valence-corrected chi connectivity index (χ4v) is 6.50. The fourth-order valence-electron chi connectivity index (χ4n) is 4.97. The van der Waals surface area contributed by atoms with E-state index in [9.17, 15) is 4.79 Å². The Morgan fingerprint density at radius 3 is 2.63 bits per heavy atom. The van der Waals surface area contributed by atoms with Crippen LogP contribution >= 0.6 is 33.9 Å². The molecular weight excluding hydrogens is 567 g/mol. The normalized spacial score (nSPS) is 16.9. The monoisotopic (exact) mass is 590 g/mol. The van der Waals surface area contributed by atoms with E-state index in [0.717, 1.165) is 43.8 Å². The van der Waals surface area contributed by atoms with Gasteiger partial charge in [-0.3, -0.25) is 9.36 Å². The molecule has 0 radical (unpaired) electrons. The molecule has 1 aliphatic heterocycles. The third-order valence-corrected chi connectivity index (χ3v) is 8.54. The molecule has 3 aromatic carbocycles. The molecule has 0 bridgehead atoms. The van der Waals surface area contributed by atoms with Crippen molar-refractivity contribution in [1.29, 1.82) is 0 Å². The average molecular weight is 590 g/mol. The first-order chi connectivity index (χ1) is 17.1. The van der Waals surface area contributed by atoms with Crippen LogP contribution in [0.4, 0.5) is 0 Å². The van der Waals surface area contributed by atoms with E-state index in [1.54, 1.807) is 0 Å². The lowest BCUT2D eigenvalue weighted by Crippen LogP contribution is -2.38. The summed E-state index contributed by atoms with van der Waals surface area (Å²) in [6.45, 7) is 2.61. The SMILES string of the molecule is CCOc1ccc([C@@H]2C3=C(N=c4sc(=Cc5ccccc5I)c(=O)n42)c2ccccc2CC3)cc1. The van der Waals surface area contributed by atoms with Crippen molar-refractivity contribution >= 4 is 45.7 Å². The summed E-state index contributed by atoms with van der Waals surface area (Å²) in [5.41, 5.74) is 6.87. The molecule has 0 fully saturated rings. The average Bonchev–Trinajstić information content (AvgIpc) is 3.19. The minimum Gasteiger partial charge on any atom is -0.494 e. The summed E-state index contributed by atoms with van der Waals surface area (Å²) in [5.74, 6) is 0.838. The van der Waals surface area contributed by atoms with E-state index < -0.39 is 0 Å². The number of rotatable bonds is 4. The van der Waals surface area contributed by atoms with Crippen molar-refractivity contribution in [3.05, 3.63) is 124 Å². The highest BCUT2D eigenvalue weighted by molar-refractivity contribution is 14.1. The highest BCUT2D eigenvalue weighted by Gasteiger charge is 2.32. The van der Waals surface area contributed by atoms with Crippen molar-refractivity contribution in [3.8, 4) is 5.75 Å². The number of aromatic nitrogens is 1. The third kappa shape index (κ3) is 3.98. The largest absolute Gasteiger partial charge is 0.494 e. The van der Waals surface area contributed by atoms with E-state index in [1.165, 1.54) is 28.0 Å². The Kier molecular flexibility index (Phi) is 5.94. The zero-order valence-corrected chi connectivity index (χ0v) is 22.2. The van der Waals surface area contributed by atoms with Crippen LogP contribution in [0.25, 0.3) is 11.8 Å². The Balaban J connectivity index is 1.60. The molecule has 1 atom stereocenters. The number of benzene rings is 3. The second-order valence-electron chi connectivity index (χ2n) is 8.64. The van der Waals surface area contributed by atoms with Crippen LogP contribution in [-0.2, 0) is 6.42 Å². The first kappa shape index (κ1) is 22.5. The third-order valence-electron chi connectivity index (χ3n) is 6.57. The van der Waals surface area contributed by atoms with Gasteiger partial charge in [0, 0.05) is 9.13 Å². The van der Waals surface area contributed by atoms with E-state index in [0.29, 0.717) is 11.1 Å². The lowest BCUT2D eigenvalue weighted by molar-refractivity contribution is 0.340. The fraction of sp³-hybridized carbons (Fsp3) is 0.172. The molecule has 6 heteroatoms. The lowest BCUT2D eigenvalue weighted by Gasteiger charge is -2.30. The van der Waals surface area contributed by atoms with Gasteiger partial charge in [-0.05, 0) is 88.9 Å². The lowest BCUT2D eigenvalue weighted by atomic mass is 9.83. The molecule has 0 N–H and O–H groups in total. The Morgan fingerprint density at radius 1 is 1.06 bits per heavy atom. The molecule has 0 saturated carbocycles. The molecule has 1 aromatic heterocycles. The van der Waals surface area contributed by atoms with Gasteiger partial charge >= 0.3 is 0 Å². The topological polar surface area (TPSA) is 43.6 Å². The van der Waals surface area contributed by atoms with Crippen LogP contribution < -0.4 is 19.6 Å². The second-order valence-corrected chi connectivity index (χ2v) is 10.8. The van der Waals surface area contributed by atoms with Crippen molar-refractivity contribution in [2.24, 2.45) is 4.99 Å². The Morgan fingerprint density at radius 2 is 1.83 bits per heavy atom. The molecule has 2 heterocycles. The molecule has 0 saturated heterocycles. The van der Waals surface area contributed by atoms with Crippen LogP contribution in [0.15, 0.2) is 88.2 Å². The van der Waals surface area contributed by atoms with Crippen LogP contribution in [0.5, 0.6) is 5.75 Å². The molecular formula is C29H23IN2O2S. The predicted molar refractivity (Wildman–Crippen MR) is 150 cm³/mol. The highest BCUT2D eigenvalue weighted by atomic mass is 127. The molecule has 0 spiro atoms. The van der Waals surface area contributed by atoms with Gasteiger partial charge in [0.15, 0.2) is 4.80 Å². The minimum absolute atomic E-state index is 0.0118. The summed E-state index contributed by atoms with van der Waals surface area (Å²) in [6.07, 6.45) is 3.83. The van der Waals surface area contributed by atoms with Crippen molar-refractivity contribution in [1.82, 2.24) is 4.57 Å². The van der Waals surface area contributed by atoms with Gasteiger partial charge in [0.2, 0.25) is 0 Å². The zero-order valence-electron chi connectivity index (χ0n) is 19.2. The van der Waals surface area contributed by atoms with E-state index in [4.69, 9.17) is 9.73 Å².